The van der Waals surface area contributed by atoms with Crippen LogP contribution in [0.2, 0.25) is 0 Å². The Labute approximate surface area is 142 Å². The van der Waals surface area contributed by atoms with Crippen LogP contribution < -0.4 is 4.90 Å². The smallest absolute Gasteiger partial charge is 0.255 e. The van der Waals surface area contributed by atoms with Crippen LogP contribution >= 0.6 is 0 Å². The van der Waals surface area contributed by atoms with E-state index in [9.17, 15) is 9.90 Å². The zero-order valence-corrected chi connectivity index (χ0v) is 14.2. The first-order valence-corrected chi connectivity index (χ1v) is 8.91. The molecule has 5 nitrogen and oxygen atoms in total. The van der Waals surface area contributed by atoms with Crippen molar-refractivity contribution in [2.45, 2.75) is 31.8 Å². The number of β-amino-alcohol motifs (C(OH)–C–C–N with tert-alkyl or cyclic N) is 1. The molecule has 3 heterocycles. The molecule has 1 aliphatic carbocycles. The van der Waals surface area contributed by atoms with Crippen molar-refractivity contribution in [2.24, 2.45) is 5.92 Å². The number of pyridine rings is 1. The zero-order chi connectivity index (χ0) is 16.7. The molecule has 2 aliphatic rings. The molecule has 1 atom stereocenters. The van der Waals surface area contributed by atoms with Gasteiger partial charge in [-0.05, 0) is 55.9 Å². The molecule has 0 radical (unpaired) electrons. The van der Waals surface area contributed by atoms with Gasteiger partial charge in [-0.15, -0.1) is 0 Å². The molecule has 1 amide bonds. The predicted octanol–water partition coefficient (Wildman–Crippen LogP) is 2.38. The predicted molar refractivity (Wildman–Crippen MR) is 94.5 cm³/mol. The summed E-state index contributed by atoms with van der Waals surface area (Å²) in [4.78, 5) is 16.8. The summed E-state index contributed by atoms with van der Waals surface area (Å²) in [5.74, 6) is 1.96. The van der Waals surface area contributed by atoms with Crippen molar-refractivity contribution in [3.63, 3.8) is 0 Å². The van der Waals surface area contributed by atoms with E-state index in [2.05, 4.69) is 28.5 Å². The van der Waals surface area contributed by atoms with E-state index in [1.807, 2.05) is 18.3 Å². The molecular formula is C19H25N3O2. The van der Waals surface area contributed by atoms with Gasteiger partial charge >= 0.3 is 0 Å². The maximum atomic E-state index is 12.8. The Balaban J connectivity index is 1.60. The van der Waals surface area contributed by atoms with Gasteiger partial charge in [-0.2, -0.15) is 0 Å². The highest BCUT2D eigenvalue weighted by Gasteiger charge is 2.25. The van der Waals surface area contributed by atoms with Crippen molar-refractivity contribution >= 4 is 17.2 Å². The number of aliphatic hydroxyl groups excluding tert-OH is 1. The lowest BCUT2D eigenvalue weighted by atomic mass is 10.1. The first kappa shape index (κ1) is 15.5. The van der Waals surface area contributed by atoms with Gasteiger partial charge in [0.15, 0.2) is 0 Å². The Morgan fingerprint density at radius 1 is 1.25 bits per heavy atom. The van der Waals surface area contributed by atoms with Crippen molar-refractivity contribution in [2.75, 3.05) is 31.6 Å². The summed E-state index contributed by atoms with van der Waals surface area (Å²) in [5, 5.41) is 9.82. The van der Waals surface area contributed by atoms with E-state index in [-0.39, 0.29) is 5.91 Å². The standard InChI is InChI=1S/C19H25N3O2/c1-20(11-14-4-5-14)18-9-8-16-7-6-15(12-22(16)18)19(24)21-10-2-3-17(23)13-21/h6-9,12,14,17,23H,2-5,10-11,13H2,1H3/t17-/m0/s1. The normalized spacial score (nSPS) is 21.2. The molecular weight excluding hydrogens is 302 g/mol. The van der Waals surface area contributed by atoms with E-state index in [1.165, 1.54) is 12.8 Å². The SMILES string of the molecule is CN(CC1CC1)c1ccc2ccc(C(=O)N3CCC[C@H](O)C3)cn12. The number of rotatable bonds is 4. The minimum Gasteiger partial charge on any atom is -0.391 e. The number of piperidine rings is 1. The van der Waals surface area contributed by atoms with Crippen LogP contribution in [0.1, 0.15) is 36.0 Å². The van der Waals surface area contributed by atoms with Gasteiger partial charge in [-0.25, -0.2) is 0 Å². The highest BCUT2D eigenvalue weighted by molar-refractivity contribution is 5.94. The number of anilines is 1. The lowest BCUT2D eigenvalue weighted by molar-refractivity contribution is 0.0473. The van der Waals surface area contributed by atoms with Crippen LogP contribution in [0, 0.1) is 5.92 Å². The highest BCUT2D eigenvalue weighted by atomic mass is 16.3. The first-order valence-electron chi connectivity index (χ1n) is 8.91. The molecule has 4 rings (SSSR count). The van der Waals surface area contributed by atoms with Gasteiger partial charge in [0, 0.05) is 38.4 Å². The molecule has 1 saturated heterocycles. The summed E-state index contributed by atoms with van der Waals surface area (Å²) in [6.07, 6.45) is 5.86. The van der Waals surface area contributed by atoms with Gasteiger partial charge in [0.25, 0.3) is 5.91 Å². The number of fused-ring (bicyclic) bond motifs is 1. The quantitative estimate of drug-likeness (QED) is 0.938. The largest absolute Gasteiger partial charge is 0.391 e. The fourth-order valence-corrected chi connectivity index (χ4v) is 3.63. The number of hydrogen-bond acceptors (Lipinski definition) is 3. The molecule has 5 heteroatoms. The summed E-state index contributed by atoms with van der Waals surface area (Å²) >= 11 is 0. The zero-order valence-electron chi connectivity index (χ0n) is 14.2. The monoisotopic (exact) mass is 327 g/mol. The van der Waals surface area contributed by atoms with Crippen molar-refractivity contribution in [3.8, 4) is 0 Å². The van der Waals surface area contributed by atoms with E-state index in [1.54, 1.807) is 4.90 Å². The average molecular weight is 327 g/mol. The van der Waals surface area contributed by atoms with Gasteiger partial charge in [0.1, 0.15) is 5.82 Å². The Morgan fingerprint density at radius 2 is 2.04 bits per heavy atom. The van der Waals surface area contributed by atoms with E-state index in [0.717, 1.165) is 43.2 Å². The fourth-order valence-electron chi connectivity index (χ4n) is 3.63. The molecule has 2 aromatic rings. The molecule has 24 heavy (non-hydrogen) atoms. The summed E-state index contributed by atoms with van der Waals surface area (Å²) in [7, 11) is 2.12. The third kappa shape index (κ3) is 3.00. The van der Waals surface area contributed by atoms with Gasteiger partial charge in [0.05, 0.1) is 11.7 Å². The Kier molecular flexibility index (Phi) is 3.96. The second-order valence-electron chi connectivity index (χ2n) is 7.28. The van der Waals surface area contributed by atoms with E-state index in [0.29, 0.717) is 12.1 Å². The maximum absolute atomic E-state index is 12.8. The number of hydrogen-bond donors (Lipinski definition) is 1. The van der Waals surface area contributed by atoms with Crippen LogP contribution in [0.5, 0.6) is 0 Å². The van der Waals surface area contributed by atoms with Crippen molar-refractivity contribution < 1.29 is 9.90 Å². The minimum absolute atomic E-state index is 0.0140. The van der Waals surface area contributed by atoms with Crippen LogP contribution in [0.25, 0.3) is 5.52 Å². The minimum atomic E-state index is -0.391. The molecule has 128 valence electrons. The van der Waals surface area contributed by atoms with Crippen LogP contribution in [-0.2, 0) is 0 Å². The molecule has 1 saturated carbocycles. The van der Waals surface area contributed by atoms with Crippen molar-refractivity contribution in [1.82, 2.24) is 9.30 Å². The average Bonchev–Trinajstić information content (AvgIpc) is 3.29. The van der Waals surface area contributed by atoms with Gasteiger partial charge in [0.2, 0.25) is 0 Å². The van der Waals surface area contributed by atoms with Gasteiger partial charge in [-0.1, -0.05) is 0 Å². The lowest BCUT2D eigenvalue weighted by Gasteiger charge is -2.30. The Hall–Kier alpha value is -2.01. The summed E-state index contributed by atoms with van der Waals surface area (Å²) in [6, 6.07) is 8.11. The fraction of sp³-hybridized carbons (Fsp3) is 0.526. The molecule has 0 spiro atoms. The third-order valence-corrected chi connectivity index (χ3v) is 5.18. The maximum Gasteiger partial charge on any atom is 0.255 e. The first-order chi connectivity index (χ1) is 11.6. The molecule has 0 unspecified atom stereocenters. The molecule has 2 fully saturated rings. The molecule has 1 N–H and O–H groups in total. The Bertz CT molecular complexity index is 750. The number of carbonyl (C=O) groups excluding carboxylic acids is 1. The Morgan fingerprint density at radius 3 is 2.79 bits per heavy atom. The second kappa shape index (κ2) is 6.13. The topological polar surface area (TPSA) is 48.2 Å². The lowest BCUT2D eigenvalue weighted by Crippen LogP contribution is -2.42. The number of likely N-dealkylation sites (tertiary alicyclic amines) is 1. The van der Waals surface area contributed by atoms with E-state index >= 15 is 0 Å². The van der Waals surface area contributed by atoms with Gasteiger partial charge in [-0.3, -0.25) is 4.79 Å². The number of aliphatic hydroxyl groups is 1. The van der Waals surface area contributed by atoms with Crippen molar-refractivity contribution in [3.05, 3.63) is 36.0 Å². The number of amides is 1. The number of nitrogens with zero attached hydrogens (tertiary/aromatic N) is 3. The summed E-state index contributed by atoms with van der Waals surface area (Å²) in [5.41, 5.74) is 1.79. The van der Waals surface area contributed by atoms with Crippen LogP contribution in [-0.4, -0.2) is 53.1 Å². The molecule has 0 bridgehead atoms. The molecule has 0 aromatic carbocycles. The number of carbonyl (C=O) groups is 1. The number of aromatic nitrogens is 1. The summed E-state index contributed by atoms with van der Waals surface area (Å²) in [6.45, 7) is 2.24. The van der Waals surface area contributed by atoms with E-state index in [4.69, 9.17) is 0 Å². The second-order valence-corrected chi connectivity index (χ2v) is 7.28. The van der Waals surface area contributed by atoms with E-state index < -0.39 is 6.10 Å². The van der Waals surface area contributed by atoms with Crippen LogP contribution in [0.4, 0.5) is 5.82 Å². The van der Waals surface area contributed by atoms with Crippen molar-refractivity contribution in [1.29, 1.82) is 0 Å². The highest BCUT2D eigenvalue weighted by Crippen LogP contribution is 2.31. The third-order valence-electron chi connectivity index (χ3n) is 5.18. The summed E-state index contributed by atoms with van der Waals surface area (Å²) < 4.78 is 2.11. The molecule has 1 aliphatic heterocycles. The van der Waals surface area contributed by atoms with Gasteiger partial charge < -0.3 is 19.3 Å². The van der Waals surface area contributed by atoms with Crippen LogP contribution in [0.15, 0.2) is 30.5 Å². The van der Waals surface area contributed by atoms with Crippen LogP contribution in [0.3, 0.4) is 0 Å². The molecule has 2 aromatic heterocycles.